The van der Waals surface area contributed by atoms with Gasteiger partial charge in [-0.25, -0.2) is 0 Å². The molecule has 1 atom stereocenters. The standard InChI is InChI=1S/C20H22N2O2/c1-15-7-8-19-17(11-15)9-10-22(19)13-20(24)21-18(14-23)12-16-5-3-2-4-6-16/h2-11,18,23H,12-14H2,1H3,(H,21,24)/t18-/m0/s1. The van der Waals surface area contributed by atoms with E-state index in [0.29, 0.717) is 6.42 Å². The van der Waals surface area contributed by atoms with Crippen LogP contribution < -0.4 is 5.32 Å². The Bertz CT molecular complexity index is 824. The number of carbonyl (C=O) groups is 1. The summed E-state index contributed by atoms with van der Waals surface area (Å²) in [6.07, 6.45) is 2.55. The van der Waals surface area contributed by atoms with E-state index >= 15 is 0 Å². The molecule has 0 radical (unpaired) electrons. The molecular weight excluding hydrogens is 300 g/mol. The van der Waals surface area contributed by atoms with E-state index in [2.05, 4.69) is 18.3 Å². The average Bonchev–Trinajstić information content (AvgIpc) is 2.97. The molecule has 3 rings (SSSR count). The predicted molar refractivity (Wildman–Crippen MR) is 95.8 cm³/mol. The van der Waals surface area contributed by atoms with Crippen molar-refractivity contribution < 1.29 is 9.90 Å². The normalized spacial score (nSPS) is 12.2. The van der Waals surface area contributed by atoms with E-state index in [1.165, 1.54) is 5.56 Å². The molecule has 0 aliphatic heterocycles. The monoisotopic (exact) mass is 322 g/mol. The largest absolute Gasteiger partial charge is 0.394 e. The van der Waals surface area contributed by atoms with Crippen LogP contribution in [-0.4, -0.2) is 28.2 Å². The highest BCUT2D eigenvalue weighted by Gasteiger charge is 2.13. The molecule has 0 spiro atoms. The van der Waals surface area contributed by atoms with Crippen molar-refractivity contribution in [2.45, 2.75) is 25.9 Å². The molecule has 0 bridgehead atoms. The molecule has 1 heterocycles. The van der Waals surface area contributed by atoms with Crippen LogP contribution in [0.25, 0.3) is 10.9 Å². The molecule has 1 amide bonds. The smallest absolute Gasteiger partial charge is 0.240 e. The molecule has 124 valence electrons. The first-order valence-electron chi connectivity index (χ1n) is 8.15. The van der Waals surface area contributed by atoms with Crippen LogP contribution >= 0.6 is 0 Å². The van der Waals surface area contributed by atoms with E-state index < -0.39 is 0 Å². The van der Waals surface area contributed by atoms with Gasteiger partial charge in [0.15, 0.2) is 0 Å². The van der Waals surface area contributed by atoms with E-state index in [-0.39, 0.29) is 25.1 Å². The third-order valence-electron chi connectivity index (χ3n) is 4.15. The van der Waals surface area contributed by atoms with Crippen LogP contribution in [0.2, 0.25) is 0 Å². The quantitative estimate of drug-likeness (QED) is 0.733. The van der Waals surface area contributed by atoms with Crippen molar-refractivity contribution >= 4 is 16.8 Å². The lowest BCUT2D eigenvalue weighted by atomic mass is 10.1. The fourth-order valence-corrected chi connectivity index (χ4v) is 2.95. The molecule has 3 aromatic rings. The first-order chi connectivity index (χ1) is 11.7. The van der Waals surface area contributed by atoms with Gasteiger partial charge in [-0.15, -0.1) is 0 Å². The van der Waals surface area contributed by atoms with Gasteiger partial charge in [0.1, 0.15) is 6.54 Å². The minimum Gasteiger partial charge on any atom is -0.394 e. The number of hydrogen-bond donors (Lipinski definition) is 2. The van der Waals surface area contributed by atoms with E-state index in [9.17, 15) is 9.90 Å². The second-order valence-electron chi connectivity index (χ2n) is 6.14. The first kappa shape index (κ1) is 16.3. The fraction of sp³-hybridized carbons (Fsp3) is 0.250. The van der Waals surface area contributed by atoms with Gasteiger partial charge in [0.05, 0.1) is 12.6 Å². The van der Waals surface area contributed by atoms with Gasteiger partial charge < -0.3 is 15.0 Å². The molecule has 0 fully saturated rings. The number of amides is 1. The highest BCUT2D eigenvalue weighted by Crippen LogP contribution is 2.17. The SMILES string of the molecule is Cc1ccc2c(ccn2CC(=O)N[C@H](CO)Cc2ccccc2)c1. The average molecular weight is 322 g/mol. The Morgan fingerprint density at radius 2 is 1.96 bits per heavy atom. The molecule has 0 unspecified atom stereocenters. The first-order valence-corrected chi connectivity index (χ1v) is 8.15. The minimum absolute atomic E-state index is 0.0771. The topological polar surface area (TPSA) is 54.3 Å². The summed E-state index contributed by atoms with van der Waals surface area (Å²) in [6.45, 7) is 2.23. The van der Waals surface area contributed by atoms with Crippen LogP contribution in [-0.2, 0) is 17.8 Å². The van der Waals surface area contributed by atoms with Crippen molar-refractivity contribution in [2.24, 2.45) is 0 Å². The fourth-order valence-electron chi connectivity index (χ4n) is 2.95. The molecule has 24 heavy (non-hydrogen) atoms. The van der Waals surface area contributed by atoms with Crippen molar-refractivity contribution in [1.29, 1.82) is 0 Å². The minimum atomic E-state index is -0.274. The van der Waals surface area contributed by atoms with Gasteiger partial charge in [0.2, 0.25) is 5.91 Å². The van der Waals surface area contributed by atoms with E-state index in [0.717, 1.165) is 16.5 Å². The zero-order chi connectivity index (χ0) is 16.9. The molecule has 0 saturated carbocycles. The van der Waals surface area contributed by atoms with Crippen molar-refractivity contribution in [3.05, 3.63) is 71.9 Å². The molecule has 0 aliphatic rings. The summed E-state index contributed by atoms with van der Waals surface area (Å²) in [5, 5.41) is 13.6. The van der Waals surface area contributed by atoms with Crippen molar-refractivity contribution in [3.63, 3.8) is 0 Å². The van der Waals surface area contributed by atoms with Crippen LogP contribution in [0.1, 0.15) is 11.1 Å². The Morgan fingerprint density at radius 1 is 1.17 bits per heavy atom. The maximum absolute atomic E-state index is 12.3. The maximum atomic E-state index is 12.3. The number of aliphatic hydroxyl groups excluding tert-OH is 1. The molecule has 4 nitrogen and oxygen atoms in total. The van der Waals surface area contributed by atoms with Gasteiger partial charge in [-0.2, -0.15) is 0 Å². The number of fused-ring (bicyclic) bond motifs is 1. The summed E-state index contributed by atoms with van der Waals surface area (Å²) in [7, 11) is 0. The second-order valence-corrected chi connectivity index (χ2v) is 6.14. The Kier molecular flexibility index (Phi) is 4.96. The van der Waals surface area contributed by atoms with Crippen LogP contribution in [0.3, 0.4) is 0 Å². The van der Waals surface area contributed by atoms with Gasteiger partial charge in [-0.05, 0) is 42.5 Å². The van der Waals surface area contributed by atoms with E-state index in [4.69, 9.17) is 0 Å². The highest BCUT2D eigenvalue weighted by atomic mass is 16.3. The Balaban J connectivity index is 1.65. The van der Waals surface area contributed by atoms with Gasteiger partial charge in [-0.3, -0.25) is 4.79 Å². The number of aryl methyl sites for hydroxylation is 1. The van der Waals surface area contributed by atoms with Crippen molar-refractivity contribution in [1.82, 2.24) is 9.88 Å². The van der Waals surface area contributed by atoms with Gasteiger partial charge >= 0.3 is 0 Å². The number of aliphatic hydroxyl groups is 1. The predicted octanol–water partition coefficient (Wildman–Crippen LogP) is 2.67. The lowest BCUT2D eigenvalue weighted by Gasteiger charge is -2.17. The lowest BCUT2D eigenvalue weighted by Crippen LogP contribution is -2.40. The lowest BCUT2D eigenvalue weighted by molar-refractivity contribution is -0.122. The number of benzene rings is 2. The summed E-state index contributed by atoms with van der Waals surface area (Å²) in [5.74, 6) is -0.0944. The number of nitrogens with zero attached hydrogens (tertiary/aromatic N) is 1. The summed E-state index contributed by atoms with van der Waals surface area (Å²) in [4.78, 5) is 12.3. The van der Waals surface area contributed by atoms with E-state index in [1.54, 1.807) is 0 Å². The number of rotatable bonds is 6. The number of aromatic nitrogens is 1. The number of hydrogen-bond acceptors (Lipinski definition) is 2. The van der Waals surface area contributed by atoms with Crippen molar-refractivity contribution in [3.8, 4) is 0 Å². The Hall–Kier alpha value is -2.59. The molecule has 0 aliphatic carbocycles. The molecule has 0 saturated heterocycles. The Labute approximate surface area is 141 Å². The summed E-state index contributed by atoms with van der Waals surface area (Å²) in [5.41, 5.74) is 3.34. The van der Waals surface area contributed by atoms with Crippen LogP contribution in [0, 0.1) is 6.92 Å². The van der Waals surface area contributed by atoms with E-state index in [1.807, 2.05) is 59.3 Å². The van der Waals surface area contributed by atoms with Crippen LogP contribution in [0.4, 0.5) is 0 Å². The zero-order valence-electron chi connectivity index (χ0n) is 13.8. The highest BCUT2D eigenvalue weighted by molar-refractivity contribution is 5.83. The number of nitrogens with one attached hydrogen (secondary N) is 1. The van der Waals surface area contributed by atoms with Crippen LogP contribution in [0.15, 0.2) is 60.8 Å². The third-order valence-corrected chi connectivity index (χ3v) is 4.15. The molecule has 2 N–H and O–H groups in total. The maximum Gasteiger partial charge on any atom is 0.240 e. The summed E-state index contributed by atoms with van der Waals surface area (Å²) >= 11 is 0. The molecule has 2 aromatic carbocycles. The third kappa shape index (κ3) is 3.84. The summed E-state index contributed by atoms with van der Waals surface area (Å²) < 4.78 is 1.93. The Morgan fingerprint density at radius 3 is 2.71 bits per heavy atom. The van der Waals surface area contributed by atoms with Gasteiger partial charge in [0.25, 0.3) is 0 Å². The van der Waals surface area contributed by atoms with Crippen LogP contribution in [0.5, 0.6) is 0 Å². The van der Waals surface area contributed by atoms with Crippen molar-refractivity contribution in [2.75, 3.05) is 6.61 Å². The van der Waals surface area contributed by atoms with Gasteiger partial charge in [-0.1, -0.05) is 42.0 Å². The summed E-state index contributed by atoms with van der Waals surface area (Å²) in [6, 6.07) is 17.8. The molecule has 4 heteroatoms. The molecule has 1 aromatic heterocycles. The number of carbonyl (C=O) groups excluding carboxylic acids is 1. The second kappa shape index (κ2) is 7.32. The van der Waals surface area contributed by atoms with Gasteiger partial charge in [0, 0.05) is 11.7 Å². The zero-order valence-corrected chi connectivity index (χ0v) is 13.8. The molecular formula is C20H22N2O2.